The van der Waals surface area contributed by atoms with Crippen molar-refractivity contribution in [3.05, 3.63) is 51.8 Å². The molecule has 1 aromatic carbocycles. The molecule has 0 saturated heterocycles. The fourth-order valence-electron chi connectivity index (χ4n) is 2.43. The largest absolute Gasteiger partial charge is 0.306 e. The van der Waals surface area contributed by atoms with Crippen molar-refractivity contribution in [1.82, 2.24) is 15.1 Å². The summed E-state index contributed by atoms with van der Waals surface area (Å²) >= 11 is 3.62. The van der Waals surface area contributed by atoms with E-state index in [1.807, 2.05) is 10.9 Å². The zero-order chi connectivity index (χ0) is 14.5. The number of hydrogen-bond donors (Lipinski definition) is 1. The molecule has 0 saturated carbocycles. The molecule has 0 spiro atoms. The predicted octanol–water partition coefficient (Wildman–Crippen LogP) is 4.06. The van der Waals surface area contributed by atoms with Gasteiger partial charge in [-0.25, -0.2) is 0 Å². The minimum absolute atomic E-state index is 0.197. The number of hydrogen-bond acceptors (Lipinski definition) is 2. The third kappa shape index (κ3) is 3.30. The molecule has 108 valence electrons. The van der Waals surface area contributed by atoms with Gasteiger partial charge >= 0.3 is 0 Å². The first-order chi connectivity index (χ1) is 9.67. The van der Waals surface area contributed by atoms with Crippen molar-refractivity contribution in [3.8, 4) is 0 Å². The van der Waals surface area contributed by atoms with Crippen LogP contribution in [0.1, 0.15) is 43.0 Å². The van der Waals surface area contributed by atoms with Crippen LogP contribution in [0.5, 0.6) is 0 Å². The highest BCUT2D eigenvalue weighted by atomic mass is 79.9. The Morgan fingerprint density at radius 1 is 1.35 bits per heavy atom. The van der Waals surface area contributed by atoms with Gasteiger partial charge in [0.2, 0.25) is 0 Å². The van der Waals surface area contributed by atoms with E-state index in [1.54, 1.807) is 0 Å². The molecule has 0 bridgehead atoms. The number of aryl methyl sites for hydroxylation is 1. The molecule has 1 atom stereocenters. The van der Waals surface area contributed by atoms with Crippen LogP contribution in [0.3, 0.4) is 0 Å². The SMILES string of the molecule is CCCn1cc(C(NCC)c2cccc(Br)c2C)cn1. The summed E-state index contributed by atoms with van der Waals surface area (Å²) in [5.74, 6) is 0. The first-order valence-electron chi connectivity index (χ1n) is 7.18. The monoisotopic (exact) mass is 335 g/mol. The summed E-state index contributed by atoms with van der Waals surface area (Å²) in [6.45, 7) is 8.35. The maximum Gasteiger partial charge on any atom is 0.0610 e. The van der Waals surface area contributed by atoms with Gasteiger partial charge in [-0.05, 0) is 37.1 Å². The molecule has 3 nitrogen and oxygen atoms in total. The molecule has 0 amide bonds. The van der Waals surface area contributed by atoms with Crippen LogP contribution in [0.25, 0.3) is 0 Å². The Morgan fingerprint density at radius 2 is 2.15 bits per heavy atom. The van der Waals surface area contributed by atoms with Crippen molar-refractivity contribution in [2.45, 2.75) is 39.8 Å². The standard InChI is InChI=1S/C16H22BrN3/c1-4-9-20-11-13(10-19-20)16(18-5-2)14-7-6-8-15(17)12(14)3/h6-8,10-11,16,18H,4-5,9H2,1-3H3. The molecule has 0 radical (unpaired) electrons. The van der Waals surface area contributed by atoms with Crippen molar-refractivity contribution in [3.63, 3.8) is 0 Å². The minimum Gasteiger partial charge on any atom is -0.306 e. The van der Waals surface area contributed by atoms with Crippen LogP contribution in [-0.4, -0.2) is 16.3 Å². The van der Waals surface area contributed by atoms with E-state index in [2.05, 4.69) is 71.5 Å². The molecule has 2 aromatic rings. The van der Waals surface area contributed by atoms with E-state index < -0.39 is 0 Å². The molecule has 2 rings (SSSR count). The first kappa shape index (κ1) is 15.3. The molecular formula is C16H22BrN3. The van der Waals surface area contributed by atoms with E-state index in [-0.39, 0.29) is 6.04 Å². The van der Waals surface area contributed by atoms with Gasteiger partial charge in [0.15, 0.2) is 0 Å². The van der Waals surface area contributed by atoms with Gasteiger partial charge in [0.05, 0.1) is 12.2 Å². The average molecular weight is 336 g/mol. The van der Waals surface area contributed by atoms with E-state index >= 15 is 0 Å². The zero-order valence-electron chi connectivity index (χ0n) is 12.4. The van der Waals surface area contributed by atoms with E-state index in [1.165, 1.54) is 16.7 Å². The quantitative estimate of drug-likeness (QED) is 0.862. The highest BCUT2D eigenvalue weighted by Crippen LogP contribution is 2.28. The molecule has 0 aliphatic heterocycles. The summed E-state index contributed by atoms with van der Waals surface area (Å²) in [5.41, 5.74) is 3.81. The second-order valence-corrected chi connectivity index (χ2v) is 5.84. The van der Waals surface area contributed by atoms with Gasteiger partial charge in [-0.15, -0.1) is 0 Å². The predicted molar refractivity (Wildman–Crippen MR) is 86.9 cm³/mol. The number of nitrogens with zero attached hydrogens (tertiary/aromatic N) is 2. The maximum absolute atomic E-state index is 4.45. The van der Waals surface area contributed by atoms with E-state index in [9.17, 15) is 0 Å². The van der Waals surface area contributed by atoms with Crippen LogP contribution in [-0.2, 0) is 6.54 Å². The molecule has 4 heteroatoms. The van der Waals surface area contributed by atoms with Crippen LogP contribution in [0.4, 0.5) is 0 Å². The van der Waals surface area contributed by atoms with Gasteiger partial charge in [-0.2, -0.15) is 5.10 Å². The summed E-state index contributed by atoms with van der Waals surface area (Å²) < 4.78 is 3.17. The van der Waals surface area contributed by atoms with Crippen LogP contribution in [0, 0.1) is 6.92 Å². The molecule has 1 heterocycles. The molecule has 1 N–H and O–H groups in total. The Bertz CT molecular complexity index is 563. The second kappa shape index (κ2) is 7.04. The van der Waals surface area contributed by atoms with Crippen LogP contribution in [0.15, 0.2) is 35.1 Å². The van der Waals surface area contributed by atoms with E-state index in [0.717, 1.165) is 24.0 Å². The van der Waals surface area contributed by atoms with Gasteiger partial charge in [0.1, 0.15) is 0 Å². The second-order valence-electron chi connectivity index (χ2n) is 4.98. The molecule has 20 heavy (non-hydrogen) atoms. The van der Waals surface area contributed by atoms with Crippen molar-refractivity contribution in [2.24, 2.45) is 0 Å². The van der Waals surface area contributed by atoms with Crippen molar-refractivity contribution in [1.29, 1.82) is 0 Å². The molecule has 1 unspecified atom stereocenters. The lowest BCUT2D eigenvalue weighted by molar-refractivity contribution is 0.597. The average Bonchev–Trinajstić information content (AvgIpc) is 2.88. The van der Waals surface area contributed by atoms with Crippen molar-refractivity contribution < 1.29 is 0 Å². The highest BCUT2D eigenvalue weighted by molar-refractivity contribution is 9.10. The number of aromatic nitrogens is 2. The fraction of sp³-hybridized carbons (Fsp3) is 0.438. The molecule has 0 fully saturated rings. The van der Waals surface area contributed by atoms with Gasteiger partial charge in [0, 0.05) is 22.8 Å². The summed E-state index contributed by atoms with van der Waals surface area (Å²) in [6, 6.07) is 6.56. The summed E-state index contributed by atoms with van der Waals surface area (Å²) in [6.07, 6.45) is 5.23. The van der Waals surface area contributed by atoms with Crippen LogP contribution < -0.4 is 5.32 Å². The minimum atomic E-state index is 0.197. The topological polar surface area (TPSA) is 29.9 Å². The highest BCUT2D eigenvalue weighted by Gasteiger charge is 2.17. The Morgan fingerprint density at radius 3 is 2.85 bits per heavy atom. The Labute approximate surface area is 129 Å². The van der Waals surface area contributed by atoms with Crippen molar-refractivity contribution in [2.75, 3.05) is 6.54 Å². The van der Waals surface area contributed by atoms with Crippen LogP contribution in [0.2, 0.25) is 0 Å². The van der Waals surface area contributed by atoms with Gasteiger partial charge in [-0.3, -0.25) is 4.68 Å². The number of benzene rings is 1. The third-order valence-electron chi connectivity index (χ3n) is 3.47. The molecule has 0 aliphatic rings. The summed E-state index contributed by atoms with van der Waals surface area (Å²) in [5, 5.41) is 8.02. The van der Waals surface area contributed by atoms with Crippen LogP contribution >= 0.6 is 15.9 Å². The number of nitrogens with one attached hydrogen (secondary N) is 1. The molecule has 1 aromatic heterocycles. The Balaban J connectivity index is 2.36. The smallest absolute Gasteiger partial charge is 0.0610 e. The summed E-state index contributed by atoms with van der Waals surface area (Å²) in [4.78, 5) is 0. The fourth-order valence-corrected chi connectivity index (χ4v) is 2.81. The number of rotatable bonds is 6. The lowest BCUT2D eigenvalue weighted by atomic mass is 9.97. The van der Waals surface area contributed by atoms with E-state index in [0.29, 0.717) is 0 Å². The normalized spacial score (nSPS) is 12.6. The molecule has 0 aliphatic carbocycles. The summed E-state index contributed by atoms with van der Waals surface area (Å²) in [7, 11) is 0. The van der Waals surface area contributed by atoms with Crippen molar-refractivity contribution >= 4 is 15.9 Å². The first-order valence-corrected chi connectivity index (χ1v) is 7.97. The third-order valence-corrected chi connectivity index (χ3v) is 4.33. The Hall–Kier alpha value is -1.13. The molecular weight excluding hydrogens is 314 g/mol. The van der Waals surface area contributed by atoms with Gasteiger partial charge in [-0.1, -0.05) is 41.9 Å². The van der Waals surface area contributed by atoms with Gasteiger partial charge < -0.3 is 5.32 Å². The zero-order valence-corrected chi connectivity index (χ0v) is 13.9. The van der Waals surface area contributed by atoms with Gasteiger partial charge in [0.25, 0.3) is 0 Å². The Kier molecular flexibility index (Phi) is 5.38. The van der Waals surface area contributed by atoms with E-state index in [4.69, 9.17) is 0 Å². The number of halogens is 1. The maximum atomic E-state index is 4.45. The lowest BCUT2D eigenvalue weighted by Crippen LogP contribution is -2.22. The lowest BCUT2D eigenvalue weighted by Gasteiger charge is -2.20.